The van der Waals surface area contributed by atoms with E-state index in [1.807, 2.05) is 12.1 Å². The lowest BCUT2D eigenvalue weighted by Gasteiger charge is -2.24. The molecule has 34 heavy (non-hydrogen) atoms. The topological polar surface area (TPSA) is 143 Å². The normalized spacial score (nSPS) is 14.5. The minimum Gasteiger partial charge on any atom is -0.497 e. The number of carbonyl (C=O) groups is 1. The van der Waals surface area contributed by atoms with Gasteiger partial charge in [0, 0.05) is 11.6 Å². The van der Waals surface area contributed by atoms with Gasteiger partial charge in [0.2, 0.25) is 5.69 Å². The van der Waals surface area contributed by atoms with Gasteiger partial charge in [0.05, 0.1) is 28.6 Å². The summed E-state index contributed by atoms with van der Waals surface area (Å²) >= 11 is 1.32. The molecule has 0 fully saturated rings. The van der Waals surface area contributed by atoms with Crippen LogP contribution in [0.1, 0.15) is 21.7 Å². The highest BCUT2D eigenvalue weighted by atomic mass is 32.1. The van der Waals surface area contributed by atoms with Crippen LogP contribution < -0.4 is 20.1 Å². The van der Waals surface area contributed by atoms with E-state index >= 15 is 0 Å². The van der Waals surface area contributed by atoms with Crippen molar-refractivity contribution < 1.29 is 24.3 Å². The maximum absolute atomic E-state index is 13.2. The summed E-state index contributed by atoms with van der Waals surface area (Å²) in [7, 11) is 1.59. The first-order chi connectivity index (χ1) is 16.5. The third-order valence-electron chi connectivity index (χ3n) is 5.43. The Bertz CT molecular complexity index is 1520. The van der Waals surface area contributed by atoms with Crippen LogP contribution in [-0.2, 0) is 6.42 Å². The van der Waals surface area contributed by atoms with Crippen LogP contribution in [0.5, 0.6) is 5.75 Å². The average molecular weight is 477 g/mol. The molecule has 13 heteroatoms. The molecule has 170 valence electrons. The summed E-state index contributed by atoms with van der Waals surface area (Å²) < 4.78 is 10.8. The standard InChI is InChI=1S/C21H15N7O5S/c1-32-11-6-7-13-17(10-11)34-21(22-13)23-20(29)12-4-2-3-5-14(12)26-24-18-15(27(26)30)8-9-16-19(18)25-33-28(16)31/h2-8,10,30H,9H2,1H3,(H,22,23,29). The molecule has 6 rings (SSSR count). The summed E-state index contributed by atoms with van der Waals surface area (Å²) in [6.07, 6.45) is 1.84. The number of nitrogens with zero attached hydrogens (tertiary/aromatic N) is 6. The van der Waals surface area contributed by atoms with Crippen molar-refractivity contribution in [3.63, 3.8) is 0 Å². The number of amides is 1. The number of hydrogen-bond acceptors (Lipinski definition) is 11. The number of hydrazone groups is 1. The van der Waals surface area contributed by atoms with E-state index in [0.717, 1.165) is 20.5 Å². The zero-order chi connectivity index (χ0) is 23.4. The highest BCUT2D eigenvalue weighted by Crippen LogP contribution is 2.34. The predicted octanol–water partition coefficient (Wildman–Crippen LogP) is 2.45. The fraction of sp³-hybridized carbons (Fsp3) is 0.0952. The number of carbonyl (C=O) groups excluding carboxylic acids is 1. The van der Waals surface area contributed by atoms with Crippen LogP contribution >= 0.6 is 11.3 Å². The van der Waals surface area contributed by atoms with Gasteiger partial charge >= 0.3 is 0 Å². The number of hydrazine groups is 1. The lowest BCUT2D eigenvalue weighted by molar-refractivity contribution is -0.807. The van der Waals surface area contributed by atoms with E-state index < -0.39 is 5.91 Å². The van der Waals surface area contributed by atoms with E-state index in [2.05, 4.69) is 25.2 Å². The zero-order valence-electron chi connectivity index (χ0n) is 17.5. The molecule has 0 atom stereocenters. The lowest BCUT2D eigenvalue weighted by atomic mass is 10.0. The molecule has 2 aliphatic rings. The molecule has 2 aromatic carbocycles. The molecule has 4 aromatic rings. The number of rotatable bonds is 4. The number of thiazole rings is 1. The highest BCUT2D eigenvalue weighted by Gasteiger charge is 2.40. The van der Waals surface area contributed by atoms with Crippen LogP contribution in [0.2, 0.25) is 0 Å². The molecule has 0 unspecified atom stereocenters. The summed E-state index contributed by atoms with van der Waals surface area (Å²) in [4.78, 5) is 17.9. The smallest absolute Gasteiger partial charge is 0.274 e. The van der Waals surface area contributed by atoms with Gasteiger partial charge in [-0.05, 0) is 41.3 Å². The number of para-hydroxylation sites is 1. The molecule has 2 N–H and O–H groups in total. The SMILES string of the molecule is COc1ccc2nc(NC(=O)c3ccccc3N3N=C4C(=CCc5c4no[n+]5[O-])N3O)sc2c1. The first kappa shape index (κ1) is 20.1. The Morgan fingerprint density at radius 2 is 2.18 bits per heavy atom. The predicted molar refractivity (Wildman–Crippen MR) is 120 cm³/mol. The first-order valence-corrected chi connectivity index (χ1v) is 10.9. The maximum Gasteiger partial charge on any atom is 0.274 e. The molecule has 1 amide bonds. The molecule has 0 radical (unpaired) electrons. The van der Waals surface area contributed by atoms with Crippen LogP contribution in [0.4, 0.5) is 10.8 Å². The van der Waals surface area contributed by atoms with Crippen molar-refractivity contribution in [1.82, 2.24) is 15.3 Å². The van der Waals surface area contributed by atoms with Gasteiger partial charge in [-0.1, -0.05) is 23.5 Å². The van der Waals surface area contributed by atoms with E-state index in [0.29, 0.717) is 27.2 Å². The Hall–Kier alpha value is -4.49. The Labute approximate surface area is 195 Å². The quantitative estimate of drug-likeness (QED) is 0.424. The van der Waals surface area contributed by atoms with Gasteiger partial charge in [-0.25, -0.2) is 4.98 Å². The number of allylic oxidation sites excluding steroid dienone is 2. The molecular weight excluding hydrogens is 462 g/mol. The molecule has 0 saturated heterocycles. The number of hydrogen-bond donors (Lipinski definition) is 2. The second-order valence-electron chi connectivity index (χ2n) is 7.37. The number of ether oxygens (including phenoxy) is 1. The number of anilines is 2. The van der Waals surface area contributed by atoms with Gasteiger partial charge in [-0.2, -0.15) is 0 Å². The third kappa shape index (κ3) is 3.06. The van der Waals surface area contributed by atoms with E-state index in [1.54, 1.807) is 43.5 Å². The average Bonchev–Trinajstić information content (AvgIpc) is 3.53. The van der Waals surface area contributed by atoms with Crippen molar-refractivity contribution in [2.75, 3.05) is 17.5 Å². The zero-order valence-corrected chi connectivity index (χ0v) is 18.3. The molecule has 0 spiro atoms. The Morgan fingerprint density at radius 1 is 1.32 bits per heavy atom. The van der Waals surface area contributed by atoms with Gasteiger partial charge in [0.1, 0.15) is 11.4 Å². The van der Waals surface area contributed by atoms with Crippen molar-refractivity contribution in [2.45, 2.75) is 6.42 Å². The molecule has 1 aliphatic heterocycles. The Kier molecular flexibility index (Phi) is 4.46. The van der Waals surface area contributed by atoms with Gasteiger partial charge in [0.15, 0.2) is 10.8 Å². The number of nitrogens with one attached hydrogen (secondary N) is 1. The highest BCUT2D eigenvalue weighted by molar-refractivity contribution is 7.22. The minimum atomic E-state index is -0.432. The summed E-state index contributed by atoms with van der Waals surface area (Å²) in [5.41, 5.74) is 2.41. The number of benzene rings is 2. The second kappa shape index (κ2) is 7.54. The van der Waals surface area contributed by atoms with Gasteiger partial charge in [-0.15, -0.1) is 15.4 Å². The fourth-order valence-electron chi connectivity index (χ4n) is 3.79. The van der Waals surface area contributed by atoms with Crippen LogP contribution in [0.15, 0.2) is 64.0 Å². The van der Waals surface area contributed by atoms with E-state index in [9.17, 15) is 15.2 Å². The Morgan fingerprint density at radius 3 is 3.03 bits per heavy atom. The number of methoxy groups -OCH3 is 1. The largest absolute Gasteiger partial charge is 0.497 e. The van der Waals surface area contributed by atoms with Crippen molar-refractivity contribution >= 4 is 44.0 Å². The number of aromatic nitrogens is 3. The molecule has 1 aliphatic carbocycles. The van der Waals surface area contributed by atoms with Gasteiger partial charge < -0.3 is 9.94 Å². The molecule has 12 nitrogen and oxygen atoms in total. The number of hydroxylamine groups is 1. The summed E-state index contributed by atoms with van der Waals surface area (Å²) in [5, 5.41) is 35.9. The van der Waals surface area contributed by atoms with Crippen molar-refractivity contribution in [1.29, 1.82) is 0 Å². The Balaban J connectivity index is 1.33. The van der Waals surface area contributed by atoms with Crippen LogP contribution in [-0.4, -0.2) is 39.2 Å². The minimum absolute atomic E-state index is 0.214. The van der Waals surface area contributed by atoms with Crippen LogP contribution in [0.3, 0.4) is 0 Å². The first-order valence-electron chi connectivity index (χ1n) is 10.1. The monoisotopic (exact) mass is 477 g/mol. The van der Waals surface area contributed by atoms with E-state index in [1.165, 1.54) is 11.3 Å². The van der Waals surface area contributed by atoms with Crippen molar-refractivity contribution in [2.24, 2.45) is 5.10 Å². The summed E-state index contributed by atoms with van der Waals surface area (Å²) in [6.45, 7) is 0. The van der Waals surface area contributed by atoms with Crippen LogP contribution in [0.25, 0.3) is 10.2 Å². The third-order valence-corrected chi connectivity index (χ3v) is 6.36. The van der Waals surface area contributed by atoms with Gasteiger partial charge in [-0.3, -0.25) is 19.9 Å². The fourth-order valence-corrected chi connectivity index (χ4v) is 4.68. The molecule has 0 bridgehead atoms. The molecular formula is C21H15N7O5S. The second-order valence-corrected chi connectivity index (χ2v) is 8.40. The van der Waals surface area contributed by atoms with E-state index in [-0.39, 0.29) is 29.1 Å². The molecule has 0 saturated carbocycles. The van der Waals surface area contributed by atoms with E-state index in [4.69, 9.17) is 4.74 Å². The molecule has 2 aromatic heterocycles. The summed E-state index contributed by atoms with van der Waals surface area (Å²) in [6, 6.07) is 12.1. The van der Waals surface area contributed by atoms with Crippen molar-refractivity contribution in [3.8, 4) is 5.75 Å². The molecule has 3 heterocycles. The summed E-state index contributed by atoms with van der Waals surface area (Å²) in [5.74, 6) is 0.266. The van der Waals surface area contributed by atoms with Crippen molar-refractivity contribution in [3.05, 3.63) is 76.4 Å². The maximum atomic E-state index is 13.2. The lowest BCUT2D eigenvalue weighted by Crippen LogP contribution is -2.34. The van der Waals surface area contributed by atoms with Crippen LogP contribution in [0, 0.1) is 5.21 Å². The number of fused-ring (bicyclic) bond motifs is 4. The van der Waals surface area contributed by atoms with Gasteiger partial charge in [0.25, 0.3) is 11.6 Å².